The molecule has 4 rings (SSSR count). The fraction of sp³-hybridized carbons (Fsp3) is 0.481. The third-order valence-electron chi connectivity index (χ3n) is 6.77. The number of H-pyrrole nitrogens is 1. The number of anilines is 1. The van der Waals surface area contributed by atoms with Crippen LogP contribution in [-0.2, 0) is 22.8 Å². The van der Waals surface area contributed by atoms with Gasteiger partial charge in [-0.25, -0.2) is 0 Å². The quantitative estimate of drug-likeness (QED) is 0.430. The molecule has 38 heavy (non-hydrogen) atoms. The predicted octanol–water partition coefficient (Wildman–Crippen LogP) is 5.36. The maximum Gasteiger partial charge on any atom is 0.416 e. The van der Waals surface area contributed by atoms with Crippen molar-refractivity contribution in [3.05, 3.63) is 65.2 Å². The van der Waals surface area contributed by atoms with E-state index in [1.54, 1.807) is 12.4 Å². The first kappa shape index (κ1) is 27.4. The lowest BCUT2D eigenvalue weighted by Gasteiger charge is -2.31. The normalized spacial score (nSPS) is 15.1. The van der Waals surface area contributed by atoms with E-state index < -0.39 is 11.7 Å². The van der Waals surface area contributed by atoms with Gasteiger partial charge in [-0.1, -0.05) is 32.9 Å². The highest BCUT2D eigenvalue weighted by Crippen LogP contribution is 2.29. The number of rotatable bonds is 7. The van der Waals surface area contributed by atoms with Gasteiger partial charge in [-0.15, -0.1) is 0 Å². The minimum Gasteiger partial charge on any atom is -0.337 e. The van der Waals surface area contributed by atoms with Gasteiger partial charge in [-0.05, 0) is 49.4 Å². The monoisotopic (exact) mass is 530 g/mol. The van der Waals surface area contributed by atoms with Gasteiger partial charge in [-0.2, -0.15) is 23.4 Å². The van der Waals surface area contributed by atoms with Crippen LogP contribution < -0.4 is 5.32 Å². The molecule has 11 heteroatoms. The van der Waals surface area contributed by atoms with E-state index in [0.29, 0.717) is 37.3 Å². The predicted molar refractivity (Wildman–Crippen MR) is 137 cm³/mol. The van der Waals surface area contributed by atoms with Gasteiger partial charge in [0, 0.05) is 36.8 Å². The summed E-state index contributed by atoms with van der Waals surface area (Å²) in [7, 11) is 0. The van der Waals surface area contributed by atoms with Crippen LogP contribution in [-0.4, -0.2) is 49.8 Å². The molecule has 2 N–H and O–H groups in total. The van der Waals surface area contributed by atoms with E-state index in [9.17, 15) is 22.8 Å². The summed E-state index contributed by atoms with van der Waals surface area (Å²) in [5, 5.41) is 14.4. The van der Waals surface area contributed by atoms with E-state index in [1.807, 2.05) is 15.6 Å². The summed E-state index contributed by atoms with van der Waals surface area (Å²) in [6.45, 7) is 7.36. The fourth-order valence-electron chi connectivity index (χ4n) is 4.45. The third-order valence-corrected chi connectivity index (χ3v) is 6.77. The zero-order valence-electron chi connectivity index (χ0n) is 21.8. The van der Waals surface area contributed by atoms with Crippen molar-refractivity contribution < 1.29 is 22.8 Å². The molecular formula is C27H33F3N6O2. The Morgan fingerprint density at radius 2 is 1.79 bits per heavy atom. The van der Waals surface area contributed by atoms with Gasteiger partial charge in [0.25, 0.3) is 5.91 Å². The number of hydrogen-bond donors (Lipinski definition) is 2. The molecule has 0 saturated carbocycles. The van der Waals surface area contributed by atoms with Gasteiger partial charge in [0.1, 0.15) is 5.69 Å². The van der Waals surface area contributed by atoms with Crippen molar-refractivity contribution in [1.82, 2.24) is 24.9 Å². The zero-order valence-corrected chi connectivity index (χ0v) is 21.8. The summed E-state index contributed by atoms with van der Waals surface area (Å²) < 4.78 is 39.8. The van der Waals surface area contributed by atoms with Crippen LogP contribution in [0.4, 0.5) is 18.9 Å². The number of amides is 2. The minimum absolute atomic E-state index is 0.0834. The maximum absolute atomic E-state index is 12.9. The minimum atomic E-state index is -4.35. The summed E-state index contributed by atoms with van der Waals surface area (Å²) in [6, 6.07) is 6.95. The first-order valence-electron chi connectivity index (χ1n) is 12.8. The molecule has 0 aliphatic carbocycles. The highest BCUT2D eigenvalue weighted by atomic mass is 19.4. The number of nitrogens with one attached hydrogen (secondary N) is 2. The molecule has 1 fully saturated rings. The van der Waals surface area contributed by atoms with Crippen molar-refractivity contribution in [3.63, 3.8) is 0 Å². The SMILES string of the molecule is CC(C)(C)c1cc(C(=O)N2CCC(n3cc(NC(=O)CCCc4ccc(C(F)(F)F)cc4)cn3)CC2)n[nH]1. The van der Waals surface area contributed by atoms with Crippen LogP contribution in [0.25, 0.3) is 0 Å². The number of piperidine rings is 1. The molecule has 1 aliphatic heterocycles. The molecule has 0 atom stereocenters. The molecule has 1 aliphatic rings. The lowest BCUT2D eigenvalue weighted by Crippen LogP contribution is -2.39. The molecular weight excluding hydrogens is 497 g/mol. The number of halogens is 3. The van der Waals surface area contributed by atoms with Crippen molar-refractivity contribution in [2.75, 3.05) is 18.4 Å². The maximum atomic E-state index is 12.9. The summed E-state index contributed by atoms with van der Waals surface area (Å²) in [6.07, 6.45) is 1.80. The number of carbonyl (C=O) groups is 2. The average Bonchev–Trinajstić information content (AvgIpc) is 3.54. The molecule has 0 spiro atoms. The Morgan fingerprint density at radius 3 is 2.39 bits per heavy atom. The zero-order chi connectivity index (χ0) is 27.5. The molecule has 1 aromatic carbocycles. The first-order chi connectivity index (χ1) is 17.9. The van der Waals surface area contributed by atoms with Gasteiger partial charge < -0.3 is 10.2 Å². The molecule has 2 amide bonds. The van der Waals surface area contributed by atoms with Crippen LogP contribution in [0.5, 0.6) is 0 Å². The Bertz CT molecular complexity index is 1250. The summed E-state index contributed by atoms with van der Waals surface area (Å²) in [4.78, 5) is 27.0. The largest absolute Gasteiger partial charge is 0.416 e. The topological polar surface area (TPSA) is 95.9 Å². The van der Waals surface area contributed by atoms with E-state index in [0.717, 1.165) is 36.2 Å². The molecule has 3 aromatic rings. The van der Waals surface area contributed by atoms with Gasteiger partial charge in [0.2, 0.25) is 5.91 Å². The Labute approximate surface area is 219 Å². The van der Waals surface area contributed by atoms with E-state index in [-0.39, 0.29) is 29.7 Å². The molecule has 3 heterocycles. The number of likely N-dealkylation sites (tertiary alicyclic amines) is 1. The second-order valence-electron chi connectivity index (χ2n) is 10.7. The van der Waals surface area contributed by atoms with Crippen LogP contribution in [0.2, 0.25) is 0 Å². The van der Waals surface area contributed by atoms with Gasteiger partial charge in [0.15, 0.2) is 0 Å². The molecule has 0 radical (unpaired) electrons. The molecule has 0 bridgehead atoms. The Kier molecular flexibility index (Phi) is 7.94. The van der Waals surface area contributed by atoms with E-state index in [2.05, 4.69) is 41.4 Å². The second kappa shape index (κ2) is 11.0. The lowest BCUT2D eigenvalue weighted by molar-refractivity contribution is -0.137. The van der Waals surface area contributed by atoms with Crippen LogP contribution in [0.1, 0.15) is 79.8 Å². The Balaban J connectivity index is 1.21. The molecule has 1 saturated heterocycles. The summed E-state index contributed by atoms with van der Waals surface area (Å²) in [5.41, 5.74) is 1.90. The Morgan fingerprint density at radius 1 is 1.11 bits per heavy atom. The van der Waals surface area contributed by atoms with E-state index in [4.69, 9.17) is 0 Å². The third kappa shape index (κ3) is 6.81. The molecule has 2 aromatic heterocycles. The van der Waals surface area contributed by atoms with Gasteiger partial charge in [-0.3, -0.25) is 19.4 Å². The number of benzene rings is 1. The van der Waals surface area contributed by atoms with Crippen molar-refractivity contribution in [2.24, 2.45) is 0 Å². The standard InChI is InChI=1S/C27H33F3N6O2/c1-26(2,3)23-15-22(33-34-23)25(38)35-13-11-21(12-14-35)36-17-20(16-31-36)32-24(37)6-4-5-18-7-9-19(10-8-18)27(28,29)30/h7-10,15-17,21H,4-6,11-14H2,1-3H3,(H,32,37)(H,33,34). The number of carbonyl (C=O) groups excluding carboxylic acids is 2. The van der Waals surface area contributed by atoms with Crippen LogP contribution in [0.15, 0.2) is 42.7 Å². The average molecular weight is 531 g/mol. The van der Waals surface area contributed by atoms with Crippen molar-refractivity contribution in [2.45, 2.75) is 70.5 Å². The van der Waals surface area contributed by atoms with Crippen LogP contribution in [0.3, 0.4) is 0 Å². The van der Waals surface area contributed by atoms with Crippen LogP contribution >= 0.6 is 0 Å². The number of hydrogen-bond acceptors (Lipinski definition) is 4. The number of aromatic nitrogens is 4. The fourth-order valence-corrected chi connectivity index (χ4v) is 4.45. The number of nitrogens with zero attached hydrogens (tertiary/aromatic N) is 4. The van der Waals surface area contributed by atoms with E-state index in [1.165, 1.54) is 12.1 Å². The number of aryl methyl sites for hydroxylation is 1. The van der Waals surface area contributed by atoms with Crippen molar-refractivity contribution in [1.29, 1.82) is 0 Å². The first-order valence-corrected chi connectivity index (χ1v) is 12.8. The molecule has 0 unspecified atom stereocenters. The van der Waals surface area contributed by atoms with Crippen LogP contribution in [0, 0.1) is 0 Å². The molecule has 204 valence electrons. The van der Waals surface area contributed by atoms with Gasteiger partial charge >= 0.3 is 6.18 Å². The summed E-state index contributed by atoms with van der Waals surface area (Å²) in [5.74, 6) is -0.259. The smallest absolute Gasteiger partial charge is 0.337 e. The summed E-state index contributed by atoms with van der Waals surface area (Å²) >= 11 is 0. The van der Waals surface area contributed by atoms with Crippen molar-refractivity contribution >= 4 is 17.5 Å². The Hall–Kier alpha value is -3.63. The highest BCUT2D eigenvalue weighted by Gasteiger charge is 2.30. The lowest BCUT2D eigenvalue weighted by atomic mass is 9.92. The van der Waals surface area contributed by atoms with Crippen molar-refractivity contribution in [3.8, 4) is 0 Å². The number of aromatic amines is 1. The molecule has 8 nitrogen and oxygen atoms in total. The van der Waals surface area contributed by atoms with Gasteiger partial charge in [0.05, 0.1) is 23.5 Å². The number of alkyl halides is 3. The second-order valence-corrected chi connectivity index (χ2v) is 10.7. The highest BCUT2D eigenvalue weighted by molar-refractivity contribution is 5.92. The van der Waals surface area contributed by atoms with E-state index >= 15 is 0 Å².